The monoisotopic (exact) mass is 280 g/mol. The van der Waals surface area contributed by atoms with Crippen LogP contribution in [0, 0.1) is 12.7 Å². The largest absolute Gasteiger partial charge is 0.394 e. The highest BCUT2D eigenvalue weighted by Gasteiger charge is 2.32. The maximum Gasteiger partial charge on any atom is 0.313 e. The van der Waals surface area contributed by atoms with Gasteiger partial charge in [-0.3, -0.25) is 9.59 Å². The van der Waals surface area contributed by atoms with E-state index in [1.807, 2.05) is 0 Å². The van der Waals surface area contributed by atoms with Crippen molar-refractivity contribution < 1.29 is 19.1 Å². The molecule has 0 aliphatic carbocycles. The van der Waals surface area contributed by atoms with Crippen molar-refractivity contribution in [2.45, 2.75) is 25.8 Å². The average Bonchev–Trinajstić information content (AvgIpc) is 2.90. The number of rotatable bonds is 2. The third-order valence-electron chi connectivity index (χ3n) is 3.49. The van der Waals surface area contributed by atoms with Gasteiger partial charge in [0.1, 0.15) is 5.82 Å². The minimum absolute atomic E-state index is 0.155. The quantitative estimate of drug-likeness (QED) is 0.796. The van der Waals surface area contributed by atoms with Crippen LogP contribution >= 0.6 is 0 Å². The van der Waals surface area contributed by atoms with E-state index in [1.54, 1.807) is 6.92 Å². The summed E-state index contributed by atoms with van der Waals surface area (Å²) < 4.78 is 13.1. The molecule has 1 aliphatic rings. The highest BCUT2D eigenvalue weighted by Crippen LogP contribution is 2.19. The lowest BCUT2D eigenvalue weighted by atomic mass is 10.2. The number of halogens is 1. The van der Waals surface area contributed by atoms with Crippen LogP contribution in [-0.4, -0.2) is 41.0 Å². The number of nitrogens with one attached hydrogen (secondary N) is 1. The van der Waals surface area contributed by atoms with E-state index in [4.69, 9.17) is 5.11 Å². The standard InChI is InChI=1S/C14H17FN2O3/c1-9-4-5-10(15)7-12(9)16-13(19)14(20)17-6-2-3-11(17)8-18/h4-5,7,11,18H,2-3,6,8H2,1H3,(H,16,19)/t11-/m0/s1. The van der Waals surface area contributed by atoms with E-state index in [0.29, 0.717) is 18.5 Å². The summed E-state index contributed by atoms with van der Waals surface area (Å²) in [6.45, 7) is 2.02. The van der Waals surface area contributed by atoms with Crippen LogP contribution < -0.4 is 5.32 Å². The number of likely N-dealkylation sites (tertiary alicyclic amines) is 1. The predicted octanol–water partition coefficient (Wildman–Crippen LogP) is 1.06. The molecule has 1 aromatic rings. The molecule has 0 radical (unpaired) electrons. The Morgan fingerprint density at radius 3 is 2.95 bits per heavy atom. The van der Waals surface area contributed by atoms with Crippen molar-refractivity contribution in [1.29, 1.82) is 0 Å². The molecular weight excluding hydrogens is 263 g/mol. The first-order valence-corrected chi connectivity index (χ1v) is 6.52. The molecule has 2 rings (SSSR count). The summed E-state index contributed by atoms with van der Waals surface area (Å²) in [7, 11) is 0. The minimum atomic E-state index is -0.806. The van der Waals surface area contributed by atoms with E-state index in [2.05, 4.69) is 5.32 Å². The molecule has 2 N–H and O–H groups in total. The molecule has 2 amide bonds. The summed E-state index contributed by atoms with van der Waals surface area (Å²) in [5, 5.41) is 11.6. The van der Waals surface area contributed by atoms with Gasteiger partial charge in [0, 0.05) is 12.2 Å². The van der Waals surface area contributed by atoms with Crippen molar-refractivity contribution in [2.24, 2.45) is 0 Å². The number of aryl methyl sites for hydroxylation is 1. The Hall–Kier alpha value is -1.95. The Morgan fingerprint density at radius 1 is 1.50 bits per heavy atom. The maximum absolute atomic E-state index is 13.1. The smallest absolute Gasteiger partial charge is 0.313 e. The average molecular weight is 280 g/mol. The molecule has 20 heavy (non-hydrogen) atoms. The van der Waals surface area contributed by atoms with Crippen molar-refractivity contribution in [3.05, 3.63) is 29.6 Å². The van der Waals surface area contributed by atoms with E-state index in [1.165, 1.54) is 23.1 Å². The fraction of sp³-hybridized carbons (Fsp3) is 0.429. The van der Waals surface area contributed by atoms with Crippen molar-refractivity contribution in [1.82, 2.24) is 4.90 Å². The molecule has 0 spiro atoms. The Morgan fingerprint density at radius 2 is 2.25 bits per heavy atom. The molecule has 1 aliphatic heterocycles. The molecule has 0 aromatic heterocycles. The van der Waals surface area contributed by atoms with Crippen LogP contribution in [0.4, 0.5) is 10.1 Å². The van der Waals surface area contributed by atoms with Gasteiger partial charge in [0.05, 0.1) is 12.6 Å². The summed E-state index contributed by atoms with van der Waals surface area (Å²) in [5.74, 6) is -1.97. The van der Waals surface area contributed by atoms with E-state index >= 15 is 0 Å². The molecule has 1 fully saturated rings. The Labute approximate surface area is 116 Å². The summed E-state index contributed by atoms with van der Waals surface area (Å²) in [6, 6.07) is 3.69. The number of nitrogens with zero attached hydrogens (tertiary/aromatic N) is 1. The first-order chi connectivity index (χ1) is 9.52. The Balaban J connectivity index is 2.08. The molecule has 1 heterocycles. The SMILES string of the molecule is Cc1ccc(F)cc1NC(=O)C(=O)N1CCC[C@H]1CO. The third-order valence-corrected chi connectivity index (χ3v) is 3.49. The second kappa shape index (κ2) is 6.00. The number of carbonyl (C=O) groups is 2. The molecule has 0 unspecified atom stereocenters. The molecule has 1 atom stereocenters. The number of aliphatic hydroxyl groups excluding tert-OH is 1. The second-order valence-electron chi connectivity index (χ2n) is 4.89. The fourth-order valence-electron chi connectivity index (χ4n) is 2.33. The van der Waals surface area contributed by atoms with Gasteiger partial charge in [-0.15, -0.1) is 0 Å². The number of amides is 2. The van der Waals surface area contributed by atoms with Gasteiger partial charge in [0.15, 0.2) is 0 Å². The zero-order valence-electron chi connectivity index (χ0n) is 11.2. The van der Waals surface area contributed by atoms with E-state index in [9.17, 15) is 14.0 Å². The summed E-state index contributed by atoms with van der Waals surface area (Å²) in [5.41, 5.74) is 0.954. The zero-order valence-corrected chi connectivity index (χ0v) is 11.2. The Bertz CT molecular complexity index is 533. The highest BCUT2D eigenvalue weighted by atomic mass is 19.1. The van der Waals surface area contributed by atoms with Crippen LogP contribution in [0.2, 0.25) is 0 Å². The number of aliphatic hydroxyl groups is 1. The molecule has 1 aromatic carbocycles. The second-order valence-corrected chi connectivity index (χ2v) is 4.89. The van der Waals surface area contributed by atoms with Crippen LogP contribution in [0.3, 0.4) is 0 Å². The van der Waals surface area contributed by atoms with Crippen molar-refractivity contribution >= 4 is 17.5 Å². The lowest BCUT2D eigenvalue weighted by Crippen LogP contribution is -2.43. The first-order valence-electron chi connectivity index (χ1n) is 6.52. The molecular formula is C14H17FN2O3. The summed E-state index contributed by atoms with van der Waals surface area (Å²) in [6.07, 6.45) is 1.46. The highest BCUT2D eigenvalue weighted by molar-refractivity contribution is 6.39. The van der Waals surface area contributed by atoms with Gasteiger partial charge < -0.3 is 15.3 Å². The molecule has 108 valence electrons. The van der Waals surface area contributed by atoms with Crippen molar-refractivity contribution in [2.75, 3.05) is 18.5 Å². The van der Waals surface area contributed by atoms with E-state index in [0.717, 1.165) is 6.42 Å². The van der Waals surface area contributed by atoms with Gasteiger partial charge in [0.2, 0.25) is 0 Å². The van der Waals surface area contributed by atoms with Crippen LogP contribution in [0.5, 0.6) is 0 Å². The third kappa shape index (κ3) is 2.96. The van der Waals surface area contributed by atoms with Crippen LogP contribution in [0.25, 0.3) is 0 Å². The number of hydrogen-bond acceptors (Lipinski definition) is 3. The molecule has 0 saturated carbocycles. The molecule has 6 heteroatoms. The van der Waals surface area contributed by atoms with E-state index in [-0.39, 0.29) is 18.3 Å². The van der Waals surface area contributed by atoms with Gasteiger partial charge in [-0.1, -0.05) is 6.07 Å². The lowest BCUT2D eigenvalue weighted by Gasteiger charge is -2.22. The number of benzene rings is 1. The van der Waals surface area contributed by atoms with Gasteiger partial charge in [-0.05, 0) is 37.5 Å². The normalized spacial score (nSPS) is 18.1. The fourth-order valence-corrected chi connectivity index (χ4v) is 2.33. The number of carbonyl (C=O) groups excluding carboxylic acids is 2. The lowest BCUT2D eigenvalue weighted by molar-refractivity contribution is -0.144. The first kappa shape index (κ1) is 14.5. The Kier molecular flexibility index (Phi) is 4.34. The van der Waals surface area contributed by atoms with Gasteiger partial charge in [0.25, 0.3) is 0 Å². The molecule has 0 bridgehead atoms. The zero-order chi connectivity index (χ0) is 14.7. The summed E-state index contributed by atoms with van der Waals surface area (Å²) >= 11 is 0. The number of hydrogen-bond donors (Lipinski definition) is 2. The van der Waals surface area contributed by atoms with Crippen molar-refractivity contribution in [3.8, 4) is 0 Å². The molecule has 5 nitrogen and oxygen atoms in total. The van der Waals surface area contributed by atoms with Gasteiger partial charge in [-0.2, -0.15) is 0 Å². The molecule has 1 saturated heterocycles. The summed E-state index contributed by atoms with van der Waals surface area (Å²) in [4.78, 5) is 25.3. The van der Waals surface area contributed by atoms with Gasteiger partial charge in [-0.25, -0.2) is 4.39 Å². The van der Waals surface area contributed by atoms with Crippen LogP contribution in [-0.2, 0) is 9.59 Å². The van der Waals surface area contributed by atoms with Gasteiger partial charge >= 0.3 is 11.8 Å². The van der Waals surface area contributed by atoms with E-state index < -0.39 is 17.6 Å². The van der Waals surface area contributed by atoms with Crippen LogP contribution in [0.1, 0.15) is 18.4 Å². The predicted molar refractivity (Wildman–Crippen MR) is 71.6 cm³/mol. The van der Waals surface area contributed by atoms with Crippen molar-refractivity contribution in [3.63, 3.8) is 0 Å². The topological polar surface area (TPSA) is 69.6 Å². The number of anilines is 1. The minimum Gasteiger partial charge on any atom is -0.394 e. The van der Waals surface area contributed by atoms with Crippen LogP contribution in [0.15, 0.2) is 18.2 Å². The maximum atomic E-state index is 13.1.